The van der Waals surface area contributed by atoms with Gasteiger partial charge in [0, 0.05) is 12.4 Å². The number of anilines is 2. The number of pyridine rings is 1. The van der Waals surface area contributed by atoms with Crippen LogP contribution in [-0.4, -0.2) is 30.8 Å². The first kappa shape index (κ1) is 28.9. The molecule has 0 unspecified atom stereocenters. The molecule has 0 spiro atoms. The molecule has 302 valence electrons. The van der Waals surface area contributed by atoms with E-state index in [1.807, 2.05) is 133 Å². The molecule has 4 heterocycles. The Morgan fingerprint density at radius 2 is 1.38 bits per heavy atom. The Kier molecular flexibility index (Phi) is 7.34. The molecule has 10 rings (SSSR count). The molecule has 9 aromatic rings. The van der Waals surface area contributed by atoms with E-state index < -0.39 is 65.8 Å². The molecule has 0 bridgehead atoms. The van der Waals surface area contributed by atoms with E-state index >= 15 is 0 Å². The van der Waals surface area contributed by atoms with E-state index in [0.717, 1.165) is 34.6 Å². The summed E-state index contributed by atoms with van der Waals surface area (Å²) in [5.74, 6) is 1.91. The second-order valence-electron chi connectivity index (χ2n) is 16.0. The summed E-state index contributed by atoms with van der Waals surface area (Å²) in [5, 5.41) is 4.71. The van der Waals surface area contributed by atoms with E-state index in [-0.39, 0.29) is 34.9 Å². The van der Waals surface area contributed by atoms with Crippen LogP contribution in [0.15, 0.2) is 170 Å². The fourth-order valence-corrected chi connectivity index (χ4v) is 9.25. The number of benzene rings is 6. The molecule has 0 aliphatic carbocycles. The van der Waals surface area contributed by atoms with Crippen LogP contribution in [0.1, 0.15) is 52.5 Å². The van der Waals surface area contributed by atoms with Crippen LogP contribution < -0.4 is 9.55 Å². The first-order valence-electron chi connectivity index (χ1n) is 25.0. The number of aryl methyl sites for hydroxylation is 1. The number of nitrogens with zero attached hydrogens (tertiary/aromatic N) is 6. The first-order chi connectivity index (χ1) is 33.8. The van der Waals surface area contributed by atoms with Crippen molar-refractivity contribution in [3.05, 3.63) is 185 Å². The number of hydrogen-bond acceptors (Lipinski definition) is 4. The van der Waals surface area contributed by atoms with Crippen LogP contribution in [0.2, 0.25) is 6.32 Å². The van der Waals surface area contributed by atoms with E-state index in [2.05, 4.69) is 37.2 Å². The third-order valence-electron chi connectivity index (χ3n) is 11.0. The van der Waals surface area contributed by atoms with Crippen molar-refractivity contribution in [1.82, 2.24) is 23.8 Å². The number of ether oxygens (including phenoxy) is 1. The number of hydrogen-bond donors (Lipinski definition) is 0. The zero-order valence-corrected chi connectivity index (χ0v) is 36.4. The number of aromatic nitrogens is 5. The second-order valence-corrected chi connectivity index (χ2v) is 17.0. The molecule has 1 aliphatic rings. The van der Waals surface area contributed by atoms with Gasteiger partial charge in [0.1, 0.15) is 0 Å². The van der Waals surface area contributed by atoms with E-state index in [1.165, 1.54) is 0 Å². The third-order valence-corrected chi connectivity index (χ3v) is 12.0. The van der Waals surface area contributed by atoms with Gasteiger partial charge < -0.3 is 0 Å². The Bertz CT molecular complexity index is 3610. The maximum absolute atomic E-state index is 9.27. The van der Waals surface area contributed by atoms with Crippen molar-refractivity contribution in [1.29, 1.82) is 0 Å². The van der Waals surface area contributed by atoms with Gasteiger partial charge in [-0.15, -0.1) is 0 Å². The van der Waals surface area contributed by atoms with E-state index in [0.29, 0.717) is 37.6 Å². The average molecular weight is 986 g/mol. The van der Waals surface area contributed by atoms with Gasteiger partial charge in [-0.1, -0.05) is 6.92 Å². The van der Waals surface area contributed by atoms with Gasteiger partial charge in [0.25, 0.3) is 0 Å². The summed E-state index contributed by atoms with van der Waals surface area (Å²) in [6, 6.07) is 25.8. The Labute approximate surface area is 382 Å². The Balaban J connectivity index is 1.20. The van der Waals surface area contributed by atoms with Gasteiger partial charge in [0.2, 0.25) is 0 Å². The van der Waals surface area contributed by atoms with Crippen molar-refractivity contribution >= 4 is 29.5 Å². The normalized spacial score (nSPS) is 14.7. The molecule has 7 nitrogen and oxygen atoms in total. The van der Waals surface area contributed by atoms with Gasteiger partial charge in [-0.05, 0) is 18.6 Å². The van der Waals surface area contributed by atoms with Crippen LogP contribution in [0.5, 0.6) is 11.5 Å². The molecule has 0 N–H and O–H groups in total. The van der Waals surface area contributed by atoms with Crippen molar-refractivity contribution in [2.75, 3.05) is 4.81 Å². The van der Waals surface area contributed by atoms with Crippen molar-refractivity contribution < 1.29 is 37.8 Å². The fraction of sp³-hybridized carbons (Fsp3) is 0.135. The molecule has 0 radical (unpaired) electrons. The third kappa shape index (κ3) is 6.89. The van der Waals surface area contributed by atoms with Gasteiger partial charge in [-0.2, -0.15) is 5.10 Å². The molecule has 61 heavy (non-hydrogen) atoms. The minimum atomic E-state index is -0.622. The number of rotatable bonds is 8. The van der Waals surface area contributed by atoms with E-state index in [1.54, 1.807) is 12.1 Å². The van der Waals surface area contributed by atoms with Crippen LogP contribution in [0.3, 0.4) is 0 Å². The van der Waals surface area contributed by atoms with Crippen molar-refractivity contribution in [3.8, 4) is 56.4 Å². The molecule has 9 heteroatoms. The van der Waals surface area contributed by atoms with Crippen LogP contribution in [0.4, 0.5) is 11.5 Å². The van der Waals surface area contributed by atoms with Gasteiger partial charge in [0.05, 0.1) is 0 Å². The van der Waals surface area contributed by atoms with Gasteiger partial charge in [-0.3, -0.25) is 0 Å². The molecule has 0 saturated carbocycles. The Morgan fingerprint density at radius 3 is 2.03 bits per heavy atom. The maximum atomic E-state index is 9.27. The molecule has 0 fully saturated rings. The molecule has 0 atom stereocenters. The topological polar surface area (TPSA) is 53.0 Å². The molecule has 0 saturated heterocycles. The second kappa shape index (κ2) is 15.5. The fourth-order valence-electron chi connectivity index (χ4n) is 8.16. The zero-order valence-electron chi connectivity index (χ0n) is 44.1. The number of fused-ring (bicyclic) bond motifs is 4. The molecule has 6 aromatic carbocycles. The Morgan fingerprint density at radius 1 is 0.705 bits per heavy atom. The van der Waals surface area contributed by atoms with Crippen LogP contribution >= 0.6 is 0 Å². The first-order valence-corrected chi connectivity index (χ1v) is 21.1. The summed E-state index contributed by atoms with van der Waals surface area (Å²) in [4.78, 5) is 6.98. The van der Waals surface area contributed by atoms with Crippen molar-refractivity contribution in [2.45, 2.75) is 46.4 Å². The van der Waals surface area contributed by atoms with Crippen LogP contribution in [-0.2, 0) is 24.8 Å². The molecular weight excluding hydrogens is 931 g/mol. The molecule has 0 amide bonds. The number of imidazole rings is 1. The van der Waals surface area contributed by atoms with Crippen LogP contribution in [0, 0.1) is 10.7 Å². The summed E-state index contributed by atoms with van der Waals surface area (Å²) in [7, 11) is 0. The summed E-state index contributed by atoms with van der Waals surface area (Å²) in [5.41, 5.74) is 6.52. The molecular formula is C52H45BN6OPt. The molecule has 3 aromatic heterocycles. The van der Waals surface area contributed by atoms with Gasteiger partial charge >= 0.3 is 341 Å². The predicted molar refractivity (Wildman–Crippen MR) is 246 cm³/mol. The predicted octanol–water partition coefficient (Wildman–Crippen LogP) is 13.0. The SMILES string of the molecule is [2H]c1c([2H])c([2H])c(-c2cc(C(C)(C)C)cc(-c3c([2H])c([2H])c([2H])c([2H])c3[2H])c2-n2[c](=[Pt])n(-c3cccc(Oc4ccc5c(c4)N(c4cc(C)ccn4)B(CC)n4nccc4-5)c3)c3ccccc32)c([2H])c1[2H]. The van der Waals surface area contributed by atoms with E-state index in [9.17, 15) is 5.48 Å². The monoisotopic (exact) mass is 985 g/mol. The van der Waals surface area contributed by atoms with Crippen LogP contribution in [0.25, 0.3) is 55.9 Å². The van der Waals surface area contributed by atoms with E-state index in [4.69, 9.17) is 23.0 Å². The summed E-state index contributed by atoms with van der Waals surface area (Å²) in [6.07, 6.45) is 4.38. The van der Waals surface area contributed by atoms with Gasteiger partial charge in [0.15, 0.2) is 0 Å². The average Bonchev–Trinajstić information content (AvgIpc) is 3.96. The van der Waals surface area contributed by atoms with Crippen molar-refractivity contribution in [2.24, 2.45) is 0 Å². The van der Waals surface area contributed by atoms with Crippen molar-refractivity contribution in [3.63, 3.8) is 0 Å². The summed E-state index contributed by atoms with van der Waals surface area (Å²) in [6.45, 7) is 9.90. The van der Waals surface area contributed by atoms with Gasteiger partial charge in [-0.25, -0.2) is 0 Å². The summed E-state index contributed by atoms with van der Waals surface area (Å²) >= 11 is 2.19. The standard InChI is InChI=1S/C52H45BN6O.Pt/c1-6-53-58(50-30-36(2)26-28-54-50)49-34-42(24-25-43(49)46-27-29-55-59(46)53)60-41-21-15-20-40(33-41)56-35-57(48-23-14-13-22-47(48)56)51-44(37-16-9-7-10-17-37)31-39(52(3,4)5)32-45(51)38-18-11-8-12-19-38;/h7-34H,6H2,1-5H3;/i7D,8D,9D,10D,11D,12D,16D,17D,18D,19D;. The Hall–Kier alpha value is -6.50. The minimum absolute atomic E-state index is 0.0991. The molecule has 1 aliphatic heterocycles. The quantitative estimate of drug-likeness (QED) is 0.142. The summed E-state index contributed by atoms with van der Waals surface area (Å²) < 4.78 is 102. The number of para-hydroxylation sites is 2. The zero-order chi connectivity index (χ0) is 50.5.